The van der Waals surface area contributed by atoms with E-state index in [2.05, 4.69) is 17.1 Å². The first-order valence-corrected chi connectivity index (χ1v) is 8.88. The van der Waals surface area contributed by atoms with E-state index in [0.29, 0.717) is 11.4 Å². The molecule has 110 valence electrons. The average molecular weight is 294 g/mol. The van der Waals surface area contributed by atoms with Gasteiger partial charge in [-0.3, -0.25) is 4.90 Å². The zero-order chi connectivity index (χ0) is 14.2. The Morgan fingerprint density at radius 1 is 1.35 bits per heavy atom. The van der Waals surface area contributed by atoms with Gasteiger partial charge in [0.05, 0.1) is 10.6 Å². The first-order valence-electron chi connectivity index (χ1n) is 7.22. The van der Waals surface area contributed by atoms with Gasteiger partial charge in [0.2, 0.25) is 0 Å². The summed E-state index contributed by atoms with van der Waals surface area (Å²) >= 11 is 0. The highest BCUT2D eigenvalue weighted by Gasteiger charge is 2.33. The van der Waals surface area contributed by atoms with Crippen molar-refractivity contribution in [2.45, 2.75) is 24.8 Å². The highest BCUT2D eigenvalue weighted by atomic mass is 32.2. The summed E-state index contributed by atoms with van der Waals surface area (Å²) in [6.45, 7) is 6.72. The smallest absolute Gasteiger partial charge is 0.179 e. The second-order valence-electron chi connectivity index (χ2n) is 6.37. The van der Waals surface area contributed by atoms with Crippen LogP contribution in [0.3, 0.4) is 0 Å². The molecule has 0 spiro atoms. The summed E-state index contributed by atoms with van der Waals surface area (Å²) in [5.41, 5.74) is 1.21. The fraction of sp³-hybridized carbons (Fsp3) is 0.600. The molecule has 1 saturated heterocycles. The second-order valence-corrected chi connectivity index (χ2v) is 8.45. The predicted octanol–water partition coefficient (Wildman–Crippen LogP) is 1.28. The third kappa shape index (κ3) is 2.75. The number of hydrogen-bond acceptors (Lipinski definition) is 4. The molecule has 4 nitrogen and oxygen atoms in total. The summed E-state index contributed by atoms with van der Waals surface area (Å²) in [4.78, 5) is 2.83. The van der Waals surface area contributed by atoms with Gasteiger partial charge in [-0.25, -0.2) is 8.42 Å². The van der Waals surface area contributed by atoms with Crippen molar-refractivity contribution in [2.75, 3.05) is 31.9 Å². The third-order valence-corrected chi connectivity index (χ3v) is 6.23. The van der Waals surface area contributed by atoms with Gasteiger partial charge in [0.25, 0.3) is 0 Å². The quantitative estimate of drug-likeness (QED) is 0.892. The van der Waals surface area contributed by atoms with Crippen molar-refractivity contribution in [1.29, 1.82) is 0 Å². The maximum absolute atomic E-state index is 12.3. The minimum Gasteiger partial charge on any atom is -0.316 e. The van der Waals surface area contributed by atoms with Crippen molar-refractivity contribution in [3.63, 3.8) is 0 Å². The number of hydrogen-bond donors (Lipinski definition) is 1. The maximum atomic E-state index is 12.3. The van der Waals surface area contributed by atoms with Gasteiger partial charge in [-0.1, -0.05) is 25.1 Å². The minimum absolute atomic E-state index is 0.230. The SMILES string of the molecule is CC1(CN2CCS(=O)(=O)c3ccccc3C2)CCNC1. The largest absolute Gasteiger partial charge is 0.316 e. The molecule has 0 radical (unpaired) electrons. The van der Waals surface area contributed by atoms with Crippen molar-refractivity contribution in [3.05, 3.63) is 29.8 Å². The molecule has 1 aromatic rings. The molecule has 2 heterocycles. The normalized spacial score (nSPS) is 29.9. The summed E-state index contributed by atoms with van der Waals surface area (Å²) in [6.07, 6.45) is 1.16. The van der Waals surface area contributed by atoms with E-state index in [0.717, 1.165) is 38.2 Å². The predicted molar refractivity (Wildman–Crippen MR) is 79.4 cm³/mol. The first kappa shape index (κ1) is 14.0. The lowest BCUT2D eigenvalue weighted by Gasteiger charge is -2.31. The Morgan fingerprint density at radius 2 is 2.15 bits per heavy atom. The van der Waals surface area contributed by atoms with Crippen LogP contribution in [0.2, 0.25) is 0 Å². The molecule has 1 unspecified atom stereocenters. The number of rotatable bonds is 2. The van der Waals surface area contributed by atoms with E-state index >= 15 is 0 Å². The molecule has 3 rings (SSSR count). The van der Waals surface area contributed by atoms with Gasteiger partial charge in [-0.15, -0.1) is 0 Å². The minimum atomic E-state index is -3.12. The molecule has 2 aliphatic heterocycles. The molecule has 1 aromatic carbocycles. The maximum Gasteiger partial charge on any atom is 0.179 e. The molecular formula is C15H22N2O2S. The van der Waals surface area contributed by atoms with E-state index in [1.807, 2.05) is 18.2 Å². The van der Waals surface area contributed by atoms with Crippen LogP contribution in [0.25, 0.3) is 0 Å². The third-order valence-electron chi connectivity index (χ3n) is 4.44. The zero-order valence-corrected chi connectivity index (χ0v) is 12.7. The van der Waals surface area contributed by atoms with Crippen molar-refractivity contribution in [1.82, 2.24) is 10.2 Å². The molecular weight excluding hydrogens is 272 g/mol. The number of sulfone groups is 1. The monoisotopic (exact) mass is 294 g/mol. The van der Waals surface area contributed by atoms with Crippen LogP contribution in [0.1, 0.15) is 18.9 Å². The second kappa shape index (κ2) is 5.13. The van der Waals surface area contributed by atoms with Gasteiger partial charge in [0.1, 0.15) is 0 Å². The number of nitrogens with zero attached hydrogens (tertiary/aromatic N) is 1. The Kier molecular flexibility index (Phi) is 3.60. The standard InChI is InChI=1S/C15H22N2O2S/c1-15(6-7-16-11-15)12-17-8-9-20(18,19)14-5-3-2-4-13(14)10-17/h2-5,16H,6-12H2,1H3. The lowest BCUT2D eigenvalue weighted by atomic mass is 9.89. The van der Waals surface area contributed by atoms with Crippen LogP contribution >= 0.6 is 0 Å². The highest BCUT2D eigenvalue weighted by Crippen LogP contribution is 2.29. The van der Waals surface area contributed by atoms with Gasteiger partial charge < -0.3 is 5.32 Å². The topological polar surface area (TPSA) is 49.4 Å². The van der Waals surface area contributed by atoms with E-state index in [-0.39, 0.29) is 11.2 Å². The van der Waals surface area contributed by atoms with Crippen LogP contribution in [0.5, 0.6) is 0 Å². The summed E-state index contributed by atoms with van der Waals surface area (Å²) in [6, 6.07) is 7.43. The molecule has 20 heavy (non-hydrogen) atoms. The van der Waals surface area contributed by atoms with Gasteiger partial charge in [-0.2, -0.15) is 0 Å². The zero-order valence-electron chi connectivity index (χ0n) is 11.9. The molecule has 1 fully saturated rings. The number of nitrogens with one attached hydrogen (secondary N) is 1. The molecule has 0 aromatic heterocycles. The van der Waals surface area contributed by atoms with Crippen molar-refractivity contribution in [2.24, 2.45) is 5.41 Å². The molecule has 1 N–H and O–H groups in total. The van der Waals surface area contributed by atoms with Crippen LogP contribution < -0.4 is 5.32 Å². The summed E-state index contributed by atoms with van der Waals surface area (Å²) in [7, 11) is -3.12. The first-order chi connectivity index (χ1) is 9.49. The summed E-state index contributed by atoms with van der Waals surface area (Å²) in [5, 5.41) is 3.41. The van der Waals surface area contributed by atoms with Crippen LogP contribution in [-0.2, 0) is 16.4 Å². The number of fused-ring (bicyclic) bond motifs is 1. The molecule has 0 amide bonds. The van der Waals surface area contributed by atoms with Gasteiger partial charge in [0, 0.05) is 26.2 Å². The van der Waals surface area contributed by atoms with Gasteiger partial charge in [0.15, 0.2) is 9.84 Å². The van der Waals surface area contributed by atoms with Crippen LogP contribution in [0, 0.1) is 5.41 Å². The molecule has 0 aliphatic carbocycles. The van der Waals surface area contributed by atoms with Crippen LogP contribution in [0.4, 0.5) is 0 Å². The Morgan fingerprint density at radius 3 is 2.90 bits per heavy atom. The molecule has 2 aliphatic rings. The van der Waals surface area contributed by atoms with E-state index in [4.69, 9.17) is 0 Å². The lowest BCUT2D eigenvalue weighted by molar-refractivity contribution is 0.179. The van der Waals surface area contributed by atoms with Crippen molar-refractivity contribution < 1.29 is 8.42 Å². The van der Waals surface area contributed by atoms with E-state index in [1.54, 1.807) is 6.07 Å². The Balaban J connectivity index is 1.84. The van der Waals surface area contributed by atoms with Gasteiger partial charge in [-0.05, 0) is 30.0 Å². The fourth-order valence-electron chi connectivity index (χ4n) is 3.30. The van der Waals surface area contributed by atoms with E-state index in [9.17, 15) is 8.42 Å². The average Bonchev–Trinajstić information content (AvgIpc) is 2.78. The summed E-state index contributed by atoms with van der Waals surface area (Å²) < 4.78 is 24.6. The Bertz CT molecular complexity index is 592. The van der Waals surface area contributed by atoms with E-state index in [1.165, 1.54) is 0 Å². The molecule has 5 heteroatoms. The van der Waals surface area contributed by atoms with Crippen molar-refractivity contribution in [3.8, 4) is 0 Å². The van der Waals surface area contributed by atoms with Gasteiger partial charge >= 0.3 is 0 Å². The van der Waals surface area contributed by atoms with Crippen molar-refractivity contribution >= 4 is 9.84 Å². The van der Waals surface area contributed by atoms with Crippen LogP contribution in [-0.4, -0.2) is 45.2 Å². The highest BCUT2D eigenvalue weighted by molar-refractivity contribution is 7.91. The van der Waals surface area contributed by atoms with Crippen LogP contribution in [0.15, 0.2) is 29.2 Å². The number of benzene rings is 1. The van der Waals surface area contributed by atoms with E-state index < -0.39 is 9.84 Å². The Hall–Kier alpha value is -0.910. The summed E-state index contributed by atoms with van der Waals surface area (Å²) in [5.74, 6) is 0.230. The fourth-order valence-corrected chi connectivity index (χ4v) is 4.83. The molecule has 0 bridgehead atoms. The molecule has 1 atom stereocenters. The lowest BCUT2D eigenvalue weighted by Crippen LogP contribution is -2.38. The molecule has 0 saturated carbocycles. The Labute approximate surface area is 121 Å².